The number of nitrogens with zero attached hydrogens (tertiary/aromatic N) is 5. The molecule has 1 unspecified atom stereocenters. The molecule has 0 aliphatic carbocycles. The number of esters is 1. The van der Waals surface area contributed by atoms with Crippen LogP contribution in [0.25, 0.3) is 5.65 Å². The van der Waals surface area contributed by atoms with Crippen molar-refractivity contribution in [3.8, 4) is 0 Å². The van der Waals surface area contributed by atoms with E-state index in [2.05, 4.69) is 20.0 Å². The molecule has 0 aromatic carbocycles. The highest BCUT2D eigenvalue weighted by atomic mass is 16.5. The summed E-state index contributed by atoms with van der Waals surface area (Å²) in [7, 11) is 1.19. The van der Waals surface area contributed by atoms with Gasteiger partial charge in [0, 0.05) is 0 Å². The molecule has 100 valence electrons. The van der Waals surface area contributed by atoms with Crippen LogP contribution in [-0.2, 0) is 9.53 Å². The SMILES string of the molecule is COC(=O)C(C)n1nnc2c(C(N)=O)ncn2c1=O. The van der Waals surface area contributed by atoms with E-state index < -0.39 is 23.6 Å². The van der Waals surface area contributed by atoms with Crippen molar-refractivity contribution in [3.05, 3.63) is 22.5 Å². The highest BCUT2D eigenvalue weighted by Gasteiger charge is 2.21. The molecular formula is C9H10N6O4. The van der Waals surface area contributed by atoms with E-state index in [1.165, 1.54) is 14.0 Å². The molecule has 2 N–H and O–H groups in total. The Morgan fingerprint density at radius 1 is 1.47 bits per heavy atom. The number of carbonyl (C=O) groups is 2. The number of carbonyl (C=O) groups excluding carboxylic acids is 2. The van der Waals surface area contributed by atoms with Crippen molar-refractivity contribution in [2.45, 2.75) is 13.0 Å². The Bertz CT molecular complexity index is 717. The van der Waals surface area contributed by atoms with E-state index in [-0.39, 0.29) is 11.3 Å². The molecule has 2 heterocycles. The quantitative estimate of drug-likeness (QED) is 0.642. The number of ether oxygens (including phenoxy) is 1. The van der Waals surface area contributed by atoms with Gasteiger partial charge in [-0.05, 0) is 6.92 Å². The smallest absolute Gasteiger partial charge is 0.353 e. The molecule has 10 heteroatoms. The second-order valence-corrected chi connectivity index (χ2v) is 3.67. The van der Waals surface area contributed by atoms with Gasteiger partial charge < -0.3 is 10.5 Å². The molecule has 0 aliphatic rings. The number of aromatic nitrogens is 5. The number of rotatable bonds is 3. The van der Waals surface area contributed by atoms with Gasteiger partial charge in [0.05, 0.1) is 7.11 Å². The first-order valence-corrected chi connectivity index (χ1v) is 5.17. The largest absolute Gasteiger partial charge is 0.467 e. The summed E-state index contributed by atoms with van der Waals surface area (Å²) in [6.07, 6.45) is 1.09. The van der Waals surface area contributed by atoms with Crippen LogP contribution in [0.2, 0.25) is 0 Å². The molecular weight excluding hydrogens is 256 g/mol. The van der Waals surface area contributed by atoms with Crippen molar-refractivity contribution in [1.29, 1.82) is 0 Å². The summed E-state index contributed by atoms with van der Waals surface area (Å²) in [6.45, 7) is 1.43. The Morgan fingerprint density at radius 2 is 2.16 bits per heavy atom. The lowest BCUT2D eigenvalue weighted by Gasteiger charge is -2.09. The first-order valence-electron chi connectivity index (χ1n) is 5.17. The molecule has 0 saturated carbocycles. The van der Waals surface area contributed by atoms with E-state index in [4.69, 9.17) is 5.73 Å². The van der Waals surface area contributed by atoms with Gasteiger partial charge in [-0.3, -0.25) is 4.79 Å². The van der Waals surface area contributed by atoms with Crippen LogP contribution in [0.5, 0.6) is 0 Å². The highest BCUT2D eigenvalue weighted by Crippen LogP contribution is 2.04. The van der Waals surface area contributed by atoms with E-state index in [0.29, 0.717) is 0 Å². The molecule has 0 spiro atoms. The molecule has 1 amide bonds. The van der Waals surface area contributed by atoms with E-state index in [1.54, 1.807) is 0 Å². The summed E-state index contributed by atoms with van der Waals surface area (Å²) in [5.41, 5.74) is 4.17. The molecule has 19 heavy (non-hydrogen) atoms. The number of imidazole rings is 1. The molecule has 0 radical (unpaired) electrons. The molecule has 1 atom stereocenters. The summed E-state index contributed by atoms with van der Waals surface area (Å²) in [5, 5.41) is 7.24. The number of fused-ring (bicyclic) bond motifs is 1. The number of methoxy groups -OCH3 is 1. The average molecular weight is 266 g/mol. The minimum atomic E-state index is -0.950. The maximum absolute atomic E-state index is 12.0. The lowest BCUT2D eigenvalue weighted by atomic mass is 10.3. The molecule has 0 fully saturated rings. The van der Waals surface area contributed by atoms with Gasteiger partial charge in [-0.25, -0.2) is 19.0 Å². The predicted octanol–water partition coefficient (Wildman–Crippen LogP) is -1.88. The summed E-state index contributed by atoms with van der Waals surface area (Å²) >= 11 is 0. The Labute approximate surface area is 105 Å². The van der Waals surface area contributed by atoms with Crippen LogP contribution in [0.1, 0.15) is 23.5 Å². The zero-order valence-electron chi connectivity index (χ0n) is 10.1. The Morgan fingerprint density at radius 3 is 2.74 bits per heavy atom. The molecule has 2 aromatic rings. The lowest BCUT2D eigenvalue weighted by Crippen LogP contribution is -2.35. The van der Waals surface area contributed by atoms with Crippen LogP contribution in [0.15, 0.2) is 11.1 Å². The van der Waals surface area contributed by atoms with Crippen molar-refractivity contribution >= 4 is 17.5 Å². The molecule has 0 saturated heterocycles. The van der Waals surface area contributed by atoms with Crippen LogP contribution in [0.4, 0.5) is 0 Å². The summed E-state index contributed by atoms with van der Waals surface area (Å²) < 4.78 is 6.31. The fourth-order valence-corrected chi connectivity index (χ4v) is 1.50. The van der Waals surface area contributed by atoms with Crippen molar-refractivity contribution in [2.75, 3.05) is 7.11 Å². The third-order valence-electron chi connectivity index (χ3n) is 2.52. The lowest BCUT2D eigenvalue weighted by molar-refractivity contribution is -0.144. The summed E-state index contributed by atoms with van der Waals surface area (Å²) in [5.74, 6) is -1.47. The topological polar surface area (TPSA) is 134 Å². The predicted molar refractivity (Wildman–Crippen MR) is 60.3 cm³/mol. The van der Waals surface area contributed by atoms with Gasteiger partial charge >= 0.3 is 11.7 Å². The van der Waals surface area contributed by atoms with Gasteiger partial charge in [0.25, 0.3) is 5.91 Å². The number of nitrogens with two attached hydrogens (primary N) is 1. The number of hydrogen-bond acceptors (Lipinski definition) is 7. The Hall–Kier alpha value is -2.78. The van der Waals surface area contributed by atoms with Crippen molar-refractivity contribution < 1.29 is 14.3 Å². The zero-order chi connectivity index (χ0) is 14.2. The summed E-state index contributed by atoms with van der Waals surface area (Å²) in [6, 6.07) is -0.950. The van der Waals surface area contributed by atoms with Crippen LogP contribution < -0.4 is 11.4 Å². The number of hydrogen-bond donors (Lipinski definition) is 1. The van der Waals surface area contributed by atoms with E-state index in [1.807, 2.05) is 0 Å². The maximum atomic E-state index is 12.0. The highest BCUT2D eigenvalue weighted by molar-refractivity contribution is 5.96. The second-order valence-electron chi connectivity index (χ2n) is 3.67. The molecule has 10 nitrogen and oxygen atoms in total. The molecule has 2 aromatic heterocycles. The third-order valence-corrected chi connectivity index (χ3v) is 2.52. The second kappa shape index (κ2) is 4.48. The van der Waals surface area contributed by atoms with Gasteiger partial charge in [0.2, 0.25) is 0 Å². The van der Waals surface area contributed by atoms with Gasteiger partial charge in [-0.2, -0.15) is 4.68 Å². The van der Waals surface area contributed by atoms with Crippen molar-refractivity contribution in [1.82, 2.24) is 24.4 Å². The number of amides is 1. The van der Waals surface area contributed by atoms with Crippen LogP contribution in [0, 0.1) is 0 Å². The van der Waals surface area contributed by atoms with Gasteiger partial charge in [0.1, 0.15) is 6.33 Å². The third kappa shape index (κ3) is 1.92. The Balaban J connectivity index is 2.63. The van der Waals surface area contributed by atoms with Crippen LogP contribution >= 0.6 is 0 Å². The molecule has 0 aliphatic heterocycles. The minimum absolute atomic E-state index is 0.0641. The molecule has 0 bridgehead atoms. The van der Waals surface area contributed by atoms with E-state index in [0.717, 1.165) is 15.4 Å². The maximum Gasteiger partial charge on any atom is 0.353 e. The number of primary amides is 1. The van der Waals surface area contributed by atoms with Crippen LogP contribution in [0.3, 0.4) is 0 Å². The summed E-state index contributed by atoms with van der Waals surface area (Å²) in [4.78, 5) is 38.1. The van der Waals surface area contributed by atoms with Gasteiger partial charge in [-0.1, -0.05) is 5.21 Å². The molecule has 2 rings (SSSR count). The first kappa shape index (κ1) is 12.7. The fraction of sp³-hybridized carbons (Fsp3) is 0.333. The monoisotopic (exact) mass is 266 g/mol. The Kier molecular flexibility index (Phi) is 2.99. The zero-order valence-corrected chi connectivity index (χ0v) is 10.1. The van der Waals surface area contributed by atoms with Crippen molar-refractivity contribution in [2.24, 2.45) is 5.73 Å². The average Bonchev–Trinajstić information content (AvgIpc) is 2.82. The van der Waals surface area contributed by atoms with E-state index >= 15 is 0 Å². The normalized spacial score (nSPS) is 12.3. The fourth-order valence-electron chi connectivity index (χ4n) is 1.50. The van der Waals surface area contributed by atoms with Gasteiger partial charge in [0.15, 0.2) is 17.4 Å². The minimum Gasteiger partial charge on any atom is -0.467 e. The van der Waals surface area contributed by atoms with Crippen LogP contribution in [-0.4, -0.2) is 43.4 Å². The standard InChI is InChI=1S/C9H10N6O4/c1-4(8(17)19-2)15-9(18)14-3-11-5(6(10)16)7(14)12-13-15/h3-4H,1-2H3,(H2,10,16). The first-order chi connectivity index (χ1) is 8.97. The van der Waals surface area contributed by atoms with Gasteiger partial charge in [-0.15, -0.1) is 5.10 Å². The van der Waals surface area contributed by atoms with E-state index in [9.17, 15) is 14.4 Å². The van der Waals surface area contributed by atoms with Crippen molar-refractivity contribution in [3.63, 3.8) is 0 Å².